The Balaban J connectivity index is 2.05. The van der Waals surface area contributed by atoms with E-state index in [2.05, 4.69) is 15.1 Å². The smallest absolute Gasteiger partial charge is 0.267 e. The number of fused-ring (bicyclic) bond motifs is 1. The number of pyridine rings is 1. The lowest BCUT2D eigenvalue weighted by Crippen LogP contribution is -2.16. The van der Waals surface area contributed by atoms with E-state index < -0.39 is 0 Å². The number of nitrogens with zero attached hydrogens (tertiary/aromatic N) is 4. The number of rotatable bonds is 2. The van der Waals surface area contributed by atoms with E-state index in [9.17, 15) is 4.79 Å². The molecule has 2 aromatic heterocycles. The van der Waals surface area contributed by atoms with Crippen LogP contribution in [0.2, 0.25) is 0 Å². The van der Waals surface area contributed by atoms with Gasteiger partial charge in [-0.2, -0.15) is 9.78 Å². The van der Waals surface area contributed by atoms with Crippen molar-refractivity contribution in [2.24, 2.45) is 5.10 Å². The molecular weight excluding hydrogens is 240 g/mol. The number of hydrogen-bond acceptors (Lipinski definition) is 4. The van der Waals surface area contributed by atoms with E-state index in [1.54, 1.807) is 36.8 Å². The van der Waals surface area contributed by atoms with E-state index in [4.69, 9.17) is 0 Å². The topological polar surface area (TPSA) is 60.1 Å². The van der Waals surface area contributed by atoms with E-state index in [1.807, 2.05) is 18.2 Å². The van der Waals surface area contributed by atoms with Crippen LogP contribution in [0.15, 0.2) is 65.0 Å². The van der Waals surface area contributed by atoms with Gasteiger partial charge in [0.2, 0.25) is 0 Å². The Morgan fingerprint density at radius 1 is 1.16 bits per heavy atom. The first kappa shape index (κ1) is 11.3. The minimum atomic E-state index is -0.189. The van der Waals surface area contributed by atoms with Gasteiger partial charge in [0.1, 0.15) is 6.33 Å². The third kappa shape index (κ3) is 2.26. The summed E-state index contributed by atoms with van der Waals surface area (Å²) in [6, 6.07) is 10.9. The van der Waals surface area contributed by atoms with Crippen LogP contribution in [0.3, 0.4) is 0 Å². The lowest BCUT2D eigenvalue weighted by Gasteiger charge is -1.99. The second kappa shape index (κ2) is 4.81. The van der Waals surface area contributed by atoms with E-state index in [1.165, 1.54) is 11.0 Å². The fraction of sp³-hybridized carbons (Fsp3) is 0. The van der Waals surface area contributed by atoms with Crippen LogP contribution < -0.4 is 5.56 Å². The third-order valence-corrected chi connectivity index (χ3v) is 2.66. The Morgan fingerprint density at radius 3 is 2.89 bits per heavy atom. The van der Waals surface area contributed by atoms with Gasteiger partial charge in [-0.1, -0.05) is 18.2 Å². The van der Waals surface area contributed by atoms with Crippen LogP contribution in [0.25, 0.3) is 10.9 Å². The Morgan fingerprint density at radius 2 is 2.05 bits per heavy atom. The first-order chi connectivity index (χ1) is 9.34. The number of aromatic nitrogens is 3. The quantitative estimate of drug-likeness (QED) is 0.650. The molecule has 0 saturated heterocycles. The third-order valence-electron chi connectivity index (χ3n) is 2.66. The standard InChI is InChI=1S/C14H10N4O/c19-14-12-5-1-2-6-13(12)16-10-18(14)17-9-11-4-3-7-15-8-11/h1-10H/b17-9+. The molecule has 5 heteroatoms. The lowest BCUT2D eigenvalue weighted by atomic mass is 10.2. The SMILES string of the molecule is O=c1c2ccccc2ncn1/N=C/c1cccnc1. The fourth-order valence-corrected chi connectivity index (χ4v) is 1.72. The summed E-state index contributed by atoms with van der Waals surface area (Å²) in [5.74, 6) is 0. The van der Waals surface area contributed by atoms with Gasteiger partial charge in [0.05, 0.1) is 17.1 Å². The molecular formula is C14H10N4O. The zero-order valence-corrected chi connectivity index (χ0v) is 9.97. The summed E-state index contributed by atoms with van der Waals surface area (Å²) < 4.78 is 1.22. The average Bonchev–Trinajstić information content (AvgIpc) is 2.48. The molecule has 0 aliphatic carbocycles. The highest BCUT2D eigenvalue weighted by Crippen LogP contribution is 2.04. The summed E-state index contributed by atoms with van der Waals surface area (Å²) in [4.78, 5) is 20.3. The molecule has 0 amide bonds. The van der Waals surface area contributed by atoms with E-state index in [0.29, 0.717) is 10.9 Å². The Labute approximate surface area is 108 Å². The van der Waals surface area contributed by atoms with E-state index >= 15 is 0 Å². The van der Waals surface area contributed by atoms with Gasteiger partial charge in [-0.3, -0.25) is 9.78 Å². The van der Waals surface area contributed by atoms with Crippen molar-refractivity contribution in [3.63, 3.8) is 0 Å². The zero-order valence-electron chi connectivity index (χ0n) is 9.97. The van der Waals surface area contributed by atoms with Crippen LogP contribution in [0, 0.1) is 0 Å². The molecule has 3 rings (SSSR count). The van der Waals surface area contributed by atoms with Crippen molar-refractivity contribution < 1.29 is 0 Å². The summed E-state index contributed by atoms with van der Waals surface area (Å²) in [5, 5.41) is 4.65. The molecule has 92 valence electrons. The lowest BCUT2D eigenvalue weighted by molar-refractivity contribution is 0.817. The predicted octanol–water partition coefficient (Wildman–Crippen LogP) is 1.67. The molecule has 0 bridgehead atoms. The molecule has 0 atom stereocenters. The van der Waals surface area contributed by atoms with Gasteiger partial charge in [-0.15, -0.1) is 0 Å². The molecule has 5 nitrogen and oxygen atoms in total. The molecule has 0 saturated carbocycles. The molecule has 0 fully saturated rings. The van der Waals surface area contributed by atoms with Crippen molar-refractivity contribution in [2.75, 3.05) is 0 Å². The second-order valence-corrected chi connectivity index (χ2v) is 3.94. The van der Waals surface area contributed by atoms with Gasteiger partial charge < -0.3 is 0 Å². The normalized spacial score (nSPS) is 11.2. The van der Waals surface area contributed by atoms with Crippen LogP contribution in [0.5, 0.6) is 0 Å². The van der Waals surface area contributed by atoms with Crippen LogP contribution in [-0.2, 0) is 0 Å². The Bertz CT molecular complexity index is 793. The summed E-state index contributed by atoms with van der Waals surface area (Å²) in [7, 11) is 0. The van der Waals surface area contributed by atoms with Crippen molar-refractivity contribution in [3.05, 3.63) is 71.0 Å². The van der Waals surface area contributed by atoms with Crippen molar-refractivity contribution in [1.82, 2.24) is 14.6 Å². The first-order valence-electron chi connectivity index (χ1n) is 5.75. The maximum Gasteiger partial charge on any atom is 0.281 e. The first-order valence-corrected chi connectivity index (χ1v) is 5.75. The molecule has 0 spiro atoms. The van der Waals surface area contributed by atoms with Crippen LogP contribution in [0.4, 0.5) is 0 Å². The molecule has 3 aromatic rings. The molecule has 0 N–H and O–H groups in total. The number of benzene rings is 1. The number of hydrogen-bond donors (Lipinski definition) is 0. The van der Waals surface area contributed by atoms with Crippen molar-refractivity contribution in [3.8, 4) is 0 Å². The molecule has 0 unspecified atom stereocenters. The predicted molar refractivity (Wildman–Crippen MR) is 73.2 cm³/mol. The van der Waals surface area contributed by atoms with Gasteiger partial charge in [0, 0.05) is 18.0 Å². The Kier molecular flexibility index (Phi) is 2.86. The summed E-state index contributed by atoms with van der Waals surface area (Å²) in [6.45, 7) is 0. The molecule has 0 radical (unpaired) electrons. The molecule has 0 aliphatic heterocycles. The minimum absolute atomic E-state index is 0.189. The van der Waals surface area contributed by atoms with Gasteiger partial charge in [0.25, 0.3) is 5.56 Å². The average molecular weight is 250 g/mol. The molecule has 2 heterocycles. The summed E-state index contributed by atoms with van der Waals surface area (Å²) >= 11 is 0. The summed E-state index contributed by atoms with van der Waals surface area (Å²) in [6.07, 6.45) is 6.34. The van der Waals surface area contributed by atoms with Crippen LogP contribution >= 0.6 is 0 Å². The minimum Gasteiger partial charge on any atom is -0.267 e. The highest BCUT2D eigenvalue weighted by atomic mass is 16.1. The van der Waals surface area contributed by atoms with Gasteiger partial charge >= 0.3 is 0 Å². The zero-order chi connectivity index (χ0) is 13.1. The molecule has 19 heavy (non-hydrogen) atoms. The fourth-order valence-electron chi connectivity index (χ4n) is 1.72. The maximum absolute atomic E-state index is 12.1. The van der Waals surface area contributed by atoms with Gasteiger partial charge in [-0.05, 0) is 18.2 Å². The Hall–Kier alpha value is -2.82. The largest absolute Gasteiger partial charge is 0.281 e. The van der Waals surface area contributed by atoms with Crippen molar-refractivity contribution in [2.45, 2.75) is 0 Å². The van der Waals surface area contributed by atoms with Crippen LogP contribution in [0.1, 0.15) is 5.56 Å². The highest BCUT2D eigenvalue weighted by molar-refractivity contribution is 5.79. The van der Waals surface area contributed by atoms with E-state index in [-0.39, 0.29) is 5.56 Å². The monoisotopic (exact) mass is 250 g/mol. The van der Waals surface area contributed by atoms with Crippen molar-refractivity contribution in [1.29, 1.82) is 0 Å². The highest BCUT2D eigenvalue weighted by Gasteiger charge is 2.01. The van der Waals surface area contributed by atoms with Gasteiger partial charge in [0.15, 0.2) is 0 Å². The number of para-hydroxylation sites is 1. The molecule has 0 aliphatic rings. The second-order valence-electron chi connectivity index (χ2n) is 3.94. The summed E-state index contributed by atoms with van der Waals surface area (Å²) in [5.41, 5.74) is 1.30. The maximum atomic E-state index is 12.1. The van der Waals surface area contributed by atoms with E-state index in [0.717, 1.165) is 5.56 Å². The van der Waals surface area contributed by atoms with Crippen LogP contribution in [-0.4, -0.2) is 20.9 Å². The van der Waals surface area contributed by atoms with Crippen molar-refractivity contribution >= 4 is 17.1 Å². The molecule has 1 aromatic carbocycles. The van der Waals surface area contributed by atoms with Gasteiger partial charge in [-0.25, -0.2) is 4.98 Å².